The molecule has 1 aliphatic heterocycles. The molecular weight excluding hydrogens is 397 g/mol. The molecule has 1 fully saturated rings. The molecule has 7 nitrogen and oxygen atoms in total. The van der Waals surface area contributed by atoms with E-state index in [4.69, 9.17) is 0 Å². The second-order valence-corrected chi connectivity index (χ2v) is 6.75. The van der Waals surface area contributed by atoms with Crippen molar-refractivity contribution in [2.75, 3.05) is 11.9 Å². The van der Waals surface area contributed by atoms with Gasteiger partial charge in [-0.25, -0.2) is 15.0 Å². The number of alkyl halides is 3. The molecule has 3 aromatic rings. The molecule has 1 N–H and O–H groups in total. The number of halogens is 3. The normalized spacial score (nSPS) is 16.5. The maximum absolute atomic E-state index is 12.9. The van der Waals surface area contributed by atoms with E-state index in [0.717, 1.165) is 31.2 Å². The fraction of sp³-hybridized carbons (Fsp3) is 0.250. The van der Waals surface area contributed by atoms with E-state index < -0.39 is 11.7 Å². The number of nitrogens with zero attached hydrogens (tertiary/aromatic N) is 5. The molecule has 1 atom stereocenters. The van der Waals surface area contributed by atoms with Gasteiger partial charge in [-0.2, -0.15) is 13.2 Å². The van der Waals surface area contributed by atoms with Crippen LogP contribution in [0.15, 0.2) is 55.1 Å². The highest BCUT2D eigenvalue weighted by atomic mass is 19.4. The molecule has 0 aromatic carbocycles. The van der Waals surface area contributed by atoms with Crippen LogP contribution in [0.5, 0.6) is 0 Å². The van der Waals surface area contributed by atoms with Crippen LogP contribution in [0.25, 0.3) is 0 Å². The molecule has 154 valence electrons. The average molecular weight is 414 g/mol. The minimum atomic E-state index is -4.47. The first-order chi connectivity index (χ1) is 14.4. The Labute approximate surface area is 170 Å². The van der Waals surface area contributed by atoms with Crippen molar-refractivity contribution >= 4 is 17.7 Å². The first kappa shape index (κ1) is 19.7. The van der Waals surface area contributed by atoms with Crippen LogP contribution in [-0.4, -0.2) is 37.3 Å². The highest BCUT2D eigenvalue weighted by Gasteiger charge is 2.32. The molecule has 0 radical (unpaired) electrons. The summed E-state index contributed by atoms with van der Waals surface area (Å²) in [6, 6.07) is 6.55. The van der Waals surface area contributed by atoms with Gasteiger partial charge in [0.2, 0.25) is 5.95 Å². The van der Waals surface area contributed by atoms with E-state index in [0.29, 0.717) is 17.8 Å². The number of likely N-dealkylation sites (tertiary alicyclic amines) is 1. The predicted octanol–water partition coefficient (Wildman–Crippen LogP) is 4.01. The monoisotopic (exact) mass is 414 g/mol. The number of rotatable bonds is 4. The lowest BCUT2D eigenvalue weighted by Crippen LogP contribution is -2.31. The van der Waals surface area contributed by atoms with Crippen LogP contribution in [-0.2, 0) is 6.18 Å². The molecule has 0 spiro atoms. The van der Waals surface area contributed by atoms with Crippen LogP contribution < -0.4 is 5.32 Å². The van der Waals surface area contributed by atoms with Crippen molar-refractivity contribution in [3.63, 3.8) is 0 Å². The number of carbonyl (C=O) groups is 1. The van der Waals surface area contributed by atoms with Crippen LogP contribution in [0.3, 0.4) is 0 Å². The van der Waals surface area contributed by atoms with Crippen LogP contribution in [0.2, 0.25) is 0 Å². The first-order valence-corrected chi connectivity index (χ1v) is 9.26. The molecule has 10 heteroatoms. The molecule has 0 aliphatic carbocycles. The lowest BCUT2D eigenvalue weighted by molar-refractivity contribution is -0.137. The summed E-state index contributed by atoms with van der Waals surface area (Å²) in [6.45, 7) is 0.591. The fourth-order valence-electron chi connectivity index (χ4n) is 3.39. The van der Waals surface area contributed by atoms with Crippen LogP contribution in [0.4, 0.5) is 24.9 Å². The van der Waals surface area contributed by atoms with Gasteiger partial charge in [-0.3, -0.25) is 9.78 Å². The summed E-state index contributed by atoms with van der Waals surface area (Å²) in [5.41, 5.74) is 0.331. The number of hydrogen-bond donors (Lipinski definition) is 1. The van der Waals surface area contributed by atoms with Crippen molar-refractivity contribution in [3.8, 4) is 0 Å². The smallest absolute Gasteiger partial charge is 0.330 e. The number of pyridine rings is 2. The van der Waals surface area contributed by atoms with Crippen molar-refractivity contribution in [1.82, 2.24) is 24.8 Å². The van der Waals surface area contributed by atoms with Gasteiger partial charge in [0.1, 0.15) is 5.82 Å². The van der Waals surface area contributed by atoms with E-state index in [9.17, 15) is 18.0 Å². The highest BCUT2D eigenvalue weighted by molar-refractivity contribution is 5.94. The summed E-state index contributed by atoms with van der Waals surface area (Å²) in [6.07, 6.45) is 2.78. The molecule has 0 unspecified atom stereocenters. The quantitative estimate of drug-likeness (QED) is 0.695. The maximum atomic E-state index is 12.9. The molecule has 0 saturated carbocycles. The summed E-state index contributed by atoms with van der Waals surface area (Å²) in [4.78, 5) is 30.9. The second-order valence-electron chi connectivity index (χ2n) is 6.75. The van der Waals surface area contributed by atoms with E-state index in [-0.39, 0.29) is 23.7 Å². The number of aromatic nitrogens is 4. The van der Waals surface area contributed by atoms with Crippen molar-refractivity contribution in [3.05, 3.63) is 71.9 Å². The summed E-state index contributed by atoms with van der Waals surface area (Å²) < 4.78 is 38.7. The SMILES string of the molecule is O=C(c1ccncc1)N1CCC[C@H]1c1ccnc(Nc2cc(C(F)(F)F)ccn2)n1. The van der Waals surface area contributed by atoms with Crippen LogP contribution >= 0.6 is 0 Å². The van der Waals surface area contributed by atoms with E-state index in [1.54, 1.807) is 35.5 Å². The lowest BCUT2D eigenvalue weighted by Gasteiger charge is -2.24. The molecular formula is C20H17F3N6O. The highest BCUT2D eigenvalue weighted by Crippen LogP contribution is 2.33. The van der Waals surface area contributed by atoms with Crippen LogP contribution in [0.1, 0.15) is 40.5 Å². The van der Waals surface area contributed by atoms with E-state index in [2.05, 4.69) is 25.3 Å². The molecule has 1 aliphatic rings. The molecule has 4 heterocycles. The Bertz CT molecular complexity index is 1040. The number of hydrogen-bond acceptors (Lipinski definition) is 6. The Balaban J connectivity index is 1.55. The molecule has 3 aromatic heterocycles. The largest absolute Gasteiger partial charge is 0.416 e. The van der Waals surface area contributed by atoms with E-state index in [1.165, 1.54) is 6.20 Å². The van der Waals surface area contributed by atoms with Crippen molar-refractivity contribution < 1.29 is 18.0 Å². The summed E-state index contributed by atoms with van der Waals surface area (Å²) >= 11 is 0. The van der Waals surface area contributed by atoms with Crippen molar-refractivity contribution in [2.24, 2.45) is 0 Å². The molecule has 1 saturated heterocycles. The zero-order chi connectivity index (χ0) is 21.1. The van der Waals surface area contributed by atoms with Gasteiger partial charge in [-0.05, 0) is 43.2 Å². The second kappa shape index (κ2) is 8.05. The predicted molar refractivity (Wildman–Crippen MR) is 102 cm³/mol. The van der Waals surface area contributed by atoms with Gasteiger partial charge in [0.25, 0.3) is 5.91 Å². The maximum Gasteiger partial charge on any atom is 0.416 e. The summed E-state index contributed by atoms with van der Waals surface area (Å²) in [5.74, 6) is -0.0202. The van der Waals surface area contributed by atoms with Gasteiger partial charge >= 0.3 is 6.18 Å². The molecule has 1 amide bonds. The Morgan fingerprint density at radius 3 is 2.60 bits per heavy atom. The molecule has 30 heavy (non-hydrogen) atoms. The Hall–Kier alpha value is -3.56. The first-order valence-electron chi connectivity index (χ1n) is 9.26. The standard InChI is InChI=1S/C20H17F3N6O/c21-20(22,23)14-5-9-25-17(12-14)28-19-26-10-6-15(27-19)16-2-1-11-29(16)18(30)13-3-7-24-8-4-13/h3-10,12,16H,1-2,11H2,(H,25,26,27,28)/t16-/m0/s1. The van der Waals surface area contributed by atoms with Crippen LogP contribution in [0, 0.1) is 0 Å². The van der Waals surface area contributed by atoms with Crippen molar-refractivity contribution in [2.45, 2.75) is 25.1 Å². The van der Waals surface area contributed by atoms with E-state index in [1.807, 2.05) is 0 Å². The number of anilines is 2. The summed E-state index contributed by atoms with van der Waals surface area (Å²) in [7, 11) is 0. The topological polar surface area (TPSA) is 83.9 Å². The van der Waals surface area contributed by atoms with Gasteiger partial charge < -0.3 is 10.2 Å². The number of amides is 1. The van der Waals surface area contributed by atoms with E-state index >= 15 is 0 Å². The Kier molecular flexibility index (Phi) is 5.30. The zero-order valence-electron chi connectivity index (χ0n) is 15.7. The Morgan fingerprint density at radius 1 is 1.07 bits per heavy atom. The van der Waals surface area contributed by atoms with Gasteiger partial charge in [0, 0.05) is 36.9 Å². The van der Waals surface area contributed by atoms with Gasteiger partial charge in [0.05, 0.1) is 17.3 Å². The fourth-order valence-corrected chi connectivity index (χ4v) is 3.39. The third-order valence-corrected chi connectivity index (χ3v) is 4.79. The van der Waals surface area contributed by atoms with Gasteiger partial charge in [-0.15, -0.1) is 0 Å². The number of nitrogens with one attached hydrogen (secondary N) is 1. The van der Waals surface area contributed by atoms with Gasteiger partial charge in [0.15, 0.2) is 0 Å². The Morgan fingerprint density at radius 2 is 1.83 bits per heavy atom. The average Bonchev–Trinajstić information content (AvgIpc) is 3.24. The van der Waals surface area contributed by atoms with Gasteiger partial charge in [-0.1, -0.05) is 0 Å². The zero-order valence-corrected chi connectivity index (χ0v) is 15.7. The minimum Gasteiger partial charge on any atom is -0.330 e. The molecule has 4 rings (SSSR count). The third kappa shape index (κ3) is 4.22. The lowest BCUT2D eigenvalue weighted by atomic mass is 10.1. The van der Waals surface area contributed by atoms with Crippen molar-refractivity contribution in [1.29, 1.82) is 0 Å². The third-order valence-electron chi connectivity index (χ3n) is 4.79. The summed E-state index contributed by atoms with van der Waals surface area (Å²) in [5, 5.41) is 2.71. The number of carbonyl (C=O) groups excluding carboxylic acids is 1. The molecule has 0 bridgehead atoms. The minimum absolute atomic E-state index is 0.0156.